The number of rotatable bonds is 4. The van der Waals surface area contributed by atoms with Gasteiger partial charge in [0.1, 0.15) is 6.10 Å². The number of hydrogen-bond donors (Lipinski definition) is 1. The first kappa shape index (κ1) is 17.6. The number of hydrogen-bond acceptors (Lipinski definition) is 3. The van der Waals surface area contributed by atoms with E-state index in [0.29, 0.717) is 12.3 Å². The van der Waals surface area contributed by atoms with Crippen molar-refractivity contribution in [2.75, 3.05) is 11.9 Å². The average molecular weight is 383 g/mol. The van der Waals surface area contributed by atoms with Crippen molar-refractivity contribution in [1.29, 1.82) is 0 Å². The number of amides is 1. The molecule has 0 saturated carbocycles. The Morgan fingerprint density at radius 1 is 0.966 bits per heavy atom. The minimum atomic E-state index is -0.366. The summed E-state index contributed by atoms with van der Waals surface area (Å²) in [6.45, 7) is 0.648. The lowest BCUT2D eigenvalue weighted by Gasteiger charge is -2.10. The lowest BCUT2D eigenvalue weighted by Crippen LogP contribution is -2.27. The second-order valence-corrected chi connectivity index (χ2v) is 7.21. The predicted octanol–water partition coefficient (Wildman–Crippen LogP) is 4.79. The van der Waals surface area contributed by atoms with Gasteiger partial charge in [-0.15, -0.1) is 0 Å². The van der Waals surface area contributed by atoms with Gasteiger partial charge in [0.2, 0.25) is 0 Å². The van der Waals surface area contributed by atoms with E-state index in [1.807, 2.05) is 47.1 Å². The van der Waals surface area contributed by atoms with Crippen LogP contribution in [0.15, 0.2) is 79.1 Å². The summed E-state index contributed by atoms with van der Waals surface area (Å²) in [6, 6.07) is 22.4. The van der Waals surface area contributed by atoms with Crippen molar-refractivity contribution in [3.05, 3.63) is 79.1 Å². The summed E-state index contributed by atoms with van der Waals surface area (Å²) in [4.78, 5) is 17.2. The van der Waals surface area contributed by atoms with Gasteiger partial charge in [0.15, 0.2) is 5.65 Å². The zero-order valence-electron chi connectivity index (χ0n) is 15.9. The second kappa shape index (κ2) is 7.53. The molecule has 0 radical (unpaired) electrons. The van der Waals surface area contributed by atoms with Gasteiger partial charge in [0.25, 0.3) is 5.91 Å². The first-order valence-corrected chi connectivity index (χ1v) is 9.84. The zero-order chi connectivity index (χ0) is 19.6. The van der Waals surface area contributed by atoms with Gasteiger partial charge < -0.3 is 14.5 Å². The van der Waals surface area contributed by atoms with Crippen molar-refractivity contribution < 1.29 is 9.53 Å². The number of carbonyl (C=O) groups is 1. The summed E-state index contributed by atoms with van der Waals surface area (Å²) >= 11 is 0. The first-order chi connectivity index (χ1) is 14.3. The normalized spacial score (nSPS) is 16.2. The minimum absolute atomic E-state index is 0.104. The summed E-state index contributed by atoms with van der Waals surface area (Å²) in [5, 5.41) is 2.97. The fourth-order valence-electron chi connectivity index (χ4n) is 3.71. The van der Waals surface area contributed by atoms with E-state index in [4.69, 9.17) is 9.72 Å². The predicted molar refractivity (Wildman–Crippen MR) is 114 cm³/mol. The topological polar surface area (TPSA) is 55.6 Å². The summed E-state index contributed by atoms with van der Waals surface area (Å²) in [7, 11) is 0. The molecular formula is C24H21N3O2. The molecule has 144 valence electrons. The molecule has 4 aromatic rings. The smallest absolute Gasteiger partial charge is 0.253 e. The number of benzene rings is 2. The molecule has 29 heavy (non-hydrogen) atoms. The van der Waals surface area contributed by atoms with E-state index in [0.717, 1.165) is 29.7 Å². The highest BCUT2D eigenvalue weighted by atomic mass is 16.5. The molecule has 1 unspecified atom stereocenters. The molecule has 5 nitrogen and oxygen atoms in total. The number of pyridine rings is 1. The lowest BCUT2D eigenvalue weighted by molar-refractivity contribution is -0.124. The van der Waals surface area contributed by atoms with Gasteiger partial charge in [-0.1, -0.05) is 54.6 Å². The maximum absolute atomic E-state index is 12.4. The second-order valence-electron chi connectivity index (χ2n) is 7.21. The maximum Gasteiger partial charge on any atom is 0.253 e. The van der Waals surface area contributed by atoms with Crippen LogP contribution in [0.25, 0.3) is 28.0 Å². The Hall–Kier alpha value is -3.44. The molecule has 1 saturated heterocycles. The molecule has 1 N–H and O–H groups in total. The van der Waals surface area contributed by atoms with Crippen LogP contribution in [0, 0.1) is 0 Å². The molecule has 0 spiro atoms. The van der Waals surface area contributed by atoms with Crippen molar-refractivity contribution in [3.8, 4) is 22.4 Å². The maximum atomic E-state index is 12.4. The quantitative estimate of drug-likeness (QED) is 0.551. The molecule has 1 atom stereocenters. The Morgan fingerprint density at radius 3 is 2.48 bits per heavy atom. The Labute approximate surface area is 169 Å². The molecule has 1 amide bonds. The van der Waals surface area contributed by atoms with Crippen LogP contribution >= 0.6 is 0 Å². The van der Waals surface area contributed by atoms with Crippen molar-refractivity contribution in [2.24, 2.45) is 0 Å². The van der Waals surface area contributed by atoms with E-state index in [-0.39, 0.29) is 12.0 Å². The van der Waals surface area contributed by atoms with Crippen LogP contribution in [-0.2, 0) is 9.53 Å². The SMILES string of the molecule is O=C(Nc1cccn2cc(-c3ccc(-c4ccccc4)cc3)nc12)C1CCCO1. The van der Waals surface area contributed by atoms with Crippen LogP contribution in [0.4, 0.5) is 5.69 Å². The van der Waals surface area contributed by atoms with Crippen molar-refractivity contribution in [1.82, 2.24) is 9.38 Å². The fraction of sp³-hybridized carbons (Fsp3) is 0.167. The van der Waals surface area contributed by atoms with Crippen molar-refractivity contribution in [3.63, 3.8) is 0 Å². The van der Waals surface area contributed by atoms with Crippen LogP contribution in [0.1, 0.15) is 12.8 Å². The molecule has 1 aliphatic heterocycles. The number of nitrogens with zero attached hydrogens (tertiary/aromatic N) is 2. The summed E-state index contributed by atoms with van der Waals surface area (Å²) in [5.41, 5.74) is 5.67. The number of nitrogens with one attached hydrogen (secondary N) is 1. The zero-order valence-corrected chi connectivity index (χ0v) is 15.9. The largest absolute Gasteiger partial charge is 0.368 e. The Kier molecular flexibility index (Phi) is 4.58. The number of ether oxygens (including phenoxy) is 1. The molecule has 5 heteroatoms. The minimum Gasteiger partial charge on any atom is -0.368 e. The third-order valence-corrected chi connectivity index (χ3v) is 5.25. The molecule has 0 bridgehead atoms. The molecular weight excluding hydrogens is 362 g/mol. The van der Waals surface area contributed by atoms with Gasteiger partial charge in [-0.05, 0) is 36.1 Å². The van der Waals surface area contributed by atoms with Gasteiger partial charge in [-0.3, -0.25) is 4.79 Å². The van der Waals surface area contributed by atoms with E-state index >= 15 is 0 Å². The van der Waals surface area contributed by atoms with Crippen LogP contribution in [-0.4, -0.2) is 28.0 Å². The van der Waals surface area contributed by atoms with Gasteiger partial charge in [-0.2, -0.15) is 0 Å². The highest BCUT2D eigenvalue weighted by Gasteiger charge is 2.24. The molecule has 5 rings (SSSR count). The number of anilines is 1. The standard InChI is InChI=1S/C24H21N3O2/c28-24(22-9-5-15-29-22)26-20-8-4-14-27-16-21(25-23(20)27)19-12-10-18(11-13-19)17-6-2-1-3-7-17/h1-4,6-8,10-14,16,22H,5,9,15H2,(H,26,28). The van der Waals surface area contributed by atoms with Gasteiger partial charge in [-0.25, -0.2) is 4.98 Å². The summed E-state index contributed by atoms with van der Waals surface area (Å²) in [6.07, 6.45) is 5.24. The van der Waals surface area contributed by atoms with Gasteiger partial charge >= 0.3 is 0 Å². The molecule has 1 aliphatic rings. The Morgan fingerprint density at radius 2 is 1.72 bits per heavy atom. The van der Waals surface area contributed by atoms with Crippen LogP contribution < -0.4 is 5.32 Å². The first-order valence-electron chi connectivity index (χ1n) is 9.84. The Balaban J connectivity index is 1.43. The van der Waals surface area contributed by atoms with Gasteiger partial charge in [0.05, 0.1) is 11.4 Å². The van der Waals surface area contributed by atoms with Crippen LogP contribution in [0.5, 0.6) is 0 Å². The third-order valence-electron chi connectivity index (χ3n) is 5.25. The summed E-state index contributed by atoms with van der Waals surface area (Å²) < 4.78 is 7.42. The monoisotopic (exact) mass is 383 g/mol. The molecule has 2 aromatic heterocycles. The highest BCUT2D eigenvalue weighted by Crippen LogP contribution is 2.27. The van der Waals surface area contributed by atoms with E-state index in [2.05, 4.69) is 41.7 Å². The van der Waals surface area contributed by atoms with E-state index in [1.54, 1.807) is 0 Å². The summed E-state index contributed by atoms with van der Waals surface area (Å²) in [5.74, 6) is -0.104. The number of aromatic nitrogens is 2. The van der Waals surface area contributed by atoms with Crippen molar-refractivity contribution in [2.45, 2.75) is 18.9 Å². The van der Waals surface area contributed by atoms with Gasteiger partial charge in [0, 0.05) is 24.6 Å². The van der Waals surface area contributed by atoms with E-state index in [9.17, 15) is 4.79 Å². The van der Waals surface area contributed by atoms with E-state index < -0.39 is 0 Å². The van der Waals surface area contributed by atoms with Crippen molar-refractivity contribution >= 4 is 17.2 Å². The highest BCUT2D eigenvalue weighted by molar-refractivity contribution is 5.97. The van der Waals surface area contributed by atoms with E-state index in [1.165, 1.54) is 11.1 Å². The third kappa shape index (κ3) is 3.52. The molecule has 1 fully saturated rings. The lowest BCUT2D eigenvalue weighted by atomic mass is 10.0. The van der Waals surface area contributed by atoms with Crippen LogP contribution in [0.2, 0.25) is 0 Å². The molecule has 2 aromatic carbocycles. The average Bonchev–Trinajstić information content (AvgIpc) is 3.45. The van der Waals surface area contributed by atoms with Crippen LogP contribution in [0.3, 0.4) is 0 Å². The Bertz CT molecular complexity index is 1140. The molecule has 0 aliphatic carbocycles. The number of imidazole rings is 1. The molecule has 3 heterocycles. The number of carbonyl (C=O) groups excluding carboxylic acids is 1. The fourth-order valence-corrected chi connectivity index (χ4v) is 3.71. The number of fused-ring (bicyclic) bond motifs is 1.